The van der Waals surface area contributed by atoms with Crippen molar-refractivity contribution in [2.75, 3.05) is 16.4 Å². The van der Waals surface area contributed by atoms with Crippen LogP contribution in [0.5, 0.6) is 0 Å². The highest BCUT2D eigenvalue weighted by atomic mass is 32.2. The number of carbonyl (C=O) groups is 1. The van der Waals surface area contributed by atoms with Crippen LogP contribution in [0.15, 0.2) is 28.6 Å². The molecule has 0 saturated carbocycles. The Labute approximate surface area is 130 Å². The molecule has 1 aromatic carbocycles. The summed E-state index contributed by atoms with van der Waals surface area (Å²) in [5.41, 5.74) is 0.510. The number of carbonyl (C=O) groups excluding carboxylic acids is 1. The summed E-state index contributed by atoms with van der Waals surface area (Å²) in [4.78, 5) is 11.8. The Hall–Kier alpha value is -1.67. The van der Waals surface area contributed by atoms with Gasteiger partial charge in [0.05, 0.1) is 0 Å². The van der Waals surface area contributed by atoms with E-state index in [1.165, 1.54) is 35.6 Å². The minimum Gasteiger partial charge on any atom is -0.308 e. The van der Waals surface area contributed by atoms with E-state index in [0.29, 0.717) is 10.8 Å². The lowest BCUT2D eigenvalue weighted by Crippen LogP contribution is -2.19. The minimum atomic E-state index is -0.428. The monoisotopic (exact) mass is 326 g/mol. The van der Waals surface area contributed by atoms with Crippen LogP contribution >= 0.6 is 23.1 Å². The molecule has 0 unspecified atom stereocenters. The molecule has 112 valence electrons. The maximum Gasteiger partial charge on any atom is 0.325 e. The fourth-order valence-electron chi connectivity index (χ4n) is 1.42. The number of nitrogens with one attached hydrogen (secondary N) is 2. The van der Waals surface area contributed by atoms with E-state index in [2.05, 4.69) is 27.8 Å². The molecule has 0 aliphatic carbocycles. The number of halogens is 1. The molecular weight excluding hydrogens is 311 g/mol. The number of benzene rings is 1. The molecule has 1 heterocycles. The van der Waals surface area contributed by atoms with Gasteiger partial charge in [-0.25, -0.2) is 9.18 Å². The number of anilines is 2. The largest absolute Gasteiger partial charge is 0.325 e. The van der Waals surface area contributed by atoms with Gasteiger partial charge in [0.15, 0.2) is 4.34 Å². The Morgan fingerprint density at radius 3 is 2.76 bits per heavy atom. The van der Waals surface area contributed by atoms with Gasteiger partial charge in [0.25, 0.3) is 0 Å². The number of thioether (sulfide) groups is 1. The topological polar surface area (TPSA) is 66.9 Å². The van der Waals surface area contributed by atoms with Crippen LogP contribution in [0.25, 0.3) is 0 Å². The molecule has 0 spiro atoms. The molecule has 0 aliphatic heterocycles. The van der Waals surface area contributed by atoms with Gasteiger partial charge in [0, 0.05) is 11.4 Å². The number of unbranched alkanes of at least 4 members (excludes halogenated alkanes) is 1. The van der Waals surface area contributed by atoms with Crippen molar-refractivity contribution in [3.63, 3.8) is 0 Å². The van der Waals surface area contributed by atoms with Gasteiger partial charge in [-0.05, 0) is 30.7 Å². The summed E-state index contributed by atoms with van der Waals surface area (Å²) in [6.45, 7) is 2.13. The number of aromatic nitrogens is 2. The van der Waals surface area contributed by atoms with Gasteiger partial charge in [0.1, 0.15) is 5.82 Å². The molecule has 2 rings (SSSR count). The first-order chi connectivity index (χ1) is 10.2. The van der Waals surface area contributed by atoms with Crippen LogP contribution < -0.4 is 10.6 Å². The molecule has 0 atom stereocenters. The van der Waals surface area contributed by atoms with Crippen LogP contribution in [0.4, 0.5) is 20.0 Å². The Morgan fingerprint density at radius 1 is 1.29 bits per heavy atom. The lowest BCUT2D eigenvalue weighted by molar-refractivity contribution is 0.262. The quantitative estimate of drug-likeness (QED) is 0.474. The summed E-state index contributed by atoms with van der Waals surface area (Å²) in [6.07, 6.45) is 2.26. The van der Waals surface area contributed by atoms with Crippen LogP contribution in [-0.4, -0.2) is 22.0 Å². The summed E-state index contributed by atoms with van der Waals surface area (Å²) in [6, 6.07) is 5.11. The first kappa shape index (κ1) is 15.7. The van der Waals surface area contributed by atoms with Crippen LogP contribution in [0, 0.1) is 5.82 Å². The van der Waals surface area contributed by atoms with Gasteiger partial charge in [-0.2, -0.15) is 0 Å². The maximum absolute atomic E-state index is 12.8. The first-order valence-corrected chi connectivity index (χ1v) is 8.27. The summed E-state index contributed by atoms with van der Waals surface area (Å²) in [5.74, 6) is 0.645. The van der Waals surface area contributed by atoms with Gasteiger partial charge in [-0.15, -0.1) is 10.2 Å². The Bertz CT molecular complexity index is 588. The summed E-state index contributed by atoms with van der Waals surface area (Å²) in [7, 11) is 0. The van der Waals surface area contributed by atoms with Gasteiger partial charge < -0.3 is 5.32 Å². The van der Waals surface area contributed by atoms with Gasteiger partial charge in [0.2, 0.25) is 5.13 Å². The minimum absolute atomic E-state index is 0.348. The molecule has 0 saturated heterocycles. The fourth-order valence-corrected chi connectivity index (χ4v) is 3.32. The highest BCUT2D eigenvalue weighted by molar-refractivity contribution is 8.01. The standard InChI is InChI=1S/C13H15FN4OS2/c1-2-3-8-20-13-18-17-12(21-13)16-11(19)15-10-6-4-9(14)5-7-10/h4-7H,2-3,8H2,1H3,(H2,15,16,17,19). The number of nitrogens with zero attached hydrogens (tertiary/aromatic N) is 2. The normalized spacial score (nSPS) is 10.4. The SMILES string of the molecule is CCCCSc1nnc(NC(=O)Nc2ccc(F)cc2)s1. The average Bonchev–Trinajstić information content (AvgIpc) is 2.89. The van der Waals surface area contributed by atoms with Crippen molar-refractivity contribution < 1.29 is 9.18 Å². The van der Waals surface area contributed by atoms with Crippen molar-refractivity contribution in [3.05, 3.63) is 30.1 Å². The zero-order chi connectivity index (χ0) is 15.1. The molecule has 2 N–H and O–H groups in total. The van der Waals surface area contributed by atoms with Gasteiger partial charge >= 0.3 is 6.03 Å². The van der Waals surface area contributed by atoms with Gasteiger partial charge in [-0.1, -0.05) is 36.4 Å². The lowest BCUT2D eigenvalue weighted by atomic mass is 10.3. The van der Waals surface area contributed by atoms with Crippen molar-refractivity contribution in [1.29, 1.82) is 0 Å². The second-order valence-corrected chi connectivity index (χ2v) is 6.48. The predicted octanol–water partition coefficient (Wildman–Crippen LogP) is 4.21. The van der Waals surface area contributed by atoms with Gasteiger partial charge in [-0.3, -0.25) is 5.32 Å². The molecular formula is C13H15FN4OS2. The highest BCUT2D eigenvalue weighted by Gasteiger charge is 2.08. The van der Waals surface area contributed by atoms with E-state index < -0.39 is 6.03 Å². The second kappa shape index (κ2) is 7.94. The van der Waals surface area contributed by atoms with Crippen LogP contribution in [0.1, 0.15) is 19.8 Å². The smallest absolute Gasteiger partial charge is 0.308 e. The van der Waals surface area contributed by atoms with E-state index in [0.717, 1.165) is 22.9 Å². The van der Waals surface area contributed by atoms with E-state index in [1.807, 2.05) is 0 Å². The van der Waals surface area contributed by atoms with E-state index in [9.17, 15) is 9.18 Å². The first-order valence-electron chi connectivity index (χ1n) is 6.47. The molecule has 5 nitrogen and oxygen atoms in total. The Morgan fingerprint density at radius 2 is 2.05 bits per heavy atom. The zero-order valence-corrected chi connectivity index (χ0v) is 13.1. The molecule has 0 radical (unpaired) electrons. The number of rotatable bonds is 6. The van der Waals surface area contributed by atoms with Crippen molar-refractivity contribution in [3.8, 4) is 0 Å². The van der Waals surface area contributed by atoms with E-state index in [-0.39, 0.29) is 5.82 Å². The van der Waals surface area contributed by atoms with E-state index >= 15 is 0 Å². The van der Waals surface area contributed by atoms with Crippen molar-refractivity contribution in [2.45, 2.75) is 24.1 Å². The van der Waals surface area contributed by atoms with Crippen molar-refractivity contribution in [2.24, 2.45) is 0 Å². The average molecular weight is 326 g/mol. The molecule has 0 bridgehead atoms. The summed E-state index contributed by atoms with van der Waals surface area (Å²) >= 11 is 2.96. The molecule has 8 heteroatoms. The number of hydrogen-bond donors (Lipinski definition) is 2. The number of hydrogen-bond acceptors (Lipinski definition) is 5. The zero-order valence-electron chi connectivity index (χ0n) is 11.4. The molecule has 1 aromatic heterocycles. The molecule has 0 aliphatic rings. The van der Waals surface area contributed by atoms with E-state index in [4.69, 9.17) is 0 Å². The Balaban J connectivity index is 1.83. The third-order valence-electron chi connectivity index (χ3n) is 2.45. The lowest BCUT2D eigenvalue weighted by Gasteiger charge is -2.04. The molecule has 2 aromatic rings. The molecule has 21 heavy (non-hydrogen) atoms. The highest BCUT2D eigenvalue weighted by Crippen LogP contribution is 2.26. The molecule has 0 fully saturated rings. The predicted molar refractivity (Wildman–Crippen MR) is 84.6 cm³/mol. The number of urea groups is 1. The van der Waals surface area contributed by atoms with Crippen LogP contribution in [0.2, 0.25) is 0 Å². The fraction of sp³-hybridized carbons (Fsp3) is 0.308. The summed E-state index contributed by atoms with van der Waals surface area (Å²) in [5, 5.41) is 13.5. The van der Waals surface area contributed by atoms with E-state index in [1.54, 1.807) is 11.8 Å². The second-order valence-electron chi connectivity index (χ2n) is 4.16. The maximum atomic E-state index is 12.8. The Kier molecular flexibility index (Phi) is 5.94. The van der Waals surface area contributed by atoms with Crippen LogP contribution in [0.3, 0.4) is 0 Å². The number of amides is 2. The molecule has 2 amide bonds. The summed E-state index contributed by atoms with van der Waals surface area (Å²) < 4.78 is 13.6. The third-order valence-corrected chi connectivity index (χ3v) is 4.51. The van der Waals surface area contributed by atoms with Crippen molar-refractivity contribution >= 4 is 39.9 Å². The van der Waals surface area contributed by atoms with Crippen molar-refractivity contribution in [1.82, 2.24) is 10.2 Å². The third kappa shape index (κ3) is 5.31. The van der Waals surface area contributed by atoms with Crippen LogP contribution in [-0.2, 0) is 0 Å².